The summed E-state index contributed by atoms with van der Waals surface area (Å²) in [4.78, 5) is 32.8. The quantitative estimate of drug-likeness (QED) is 0.196. The fraction of sp³-hybridized carbons (Fsp3) is 0.385. The van der Waals surface area contributed by atoms with Gasteiger partial charge in [-0.3, -0.25) is 19.6 Å². The van der Waals surface area contributed by atoms with E-state index in [0.717, 1.165) is 48.1 Å². The summed E-state index contributed by atoms with van der Waals surface area (Å²) >= 11 is 2.57. The summed E-state index contributed by atoms with van der Waals surface area (Å²) in [7, 11) is 0. The van der Waals surface area contributed by atoms with Crippen LogP contribution in [0, 0.1) is 0 Å². The summed E-state index contributed by atoms with van der Waals surface area (Å²) in [5.41, 5.74) is 0.759. The van der Waals surface area contributed by atoms with Crippen molar-refractivity contribution in [1.82, 2.24) is 30.4 Å². The number of amides is 2. The van der Waals surface area contributed by atoms with Gasteiger partial charge in [0.15, 0.2) is 0 Å². The Hall–Kier alpha value is -4.32. The molecule has 12 nitrogen and oxygen atoms in total. The Morgan fingerprint density at radius 2 is 1.20 bits per heavy atom. The zero-order valence-electron chi connectivity index (χ0n) is 22.7. The normalized spacial score (nSPS) is 16.6. The van der Waals surface area contributed by atoms with Crippen molar-refractivity contribution in [2.24, 2.45) is 0 Å². The van der Waals surface area contributed by atoms with E-state index < -0.39 is 13.2 Å². The van der Waals surface area contributed by atoms with E-state index in [2.05, 4.69) is 50.5 Å². The molecule has 0 bridgehead atoms. The van der Waals surface area contributed by atoms with E-state index >= 15 is 0 Å². The van der Waals surface area contributed by atoms with Gasteiger partial charge in [0, 0.05) is 23.2 Å². The van der Waals surface area contributed by atoms with E-state index in [1.165, 1.54) is 46.9 Å². The average Bonchev–Trinajstić information content (AvgIpc) is 3.65. The minimum absolute atomic E-state index is 0.0790. The number of anilines is 2. The van der Waals surface area contributed by atoms with Gasteiger partial charge in [-0.05, 0) is 43.5 Å². The van der Waals surface area contributed by atoms with Crippen molar-refractivity contribution in [3.05, 3.63) is 58.1 Å². The summed E-state index contributed by atoms with van der Waals surface area (Å²) < 4.78 is 57.7. The molecule has 1 aliphatic rings. The number of nitrogens with zero attached hydrogens (tertiary/aromatic N) is 6. The summed E-state index contributed by atoms with van der Waals surface area (Å²) in [6, 6.07) is 5.49. The van der Waals surface area contributed by atoms with Crippen molar-refractivity contribution in [1.29, 1.82) is 0 Å². The molecule has 2 N–H and O–H groups in total. The van der Waals surface area contributed by atoms with Gasteiger partial charge in [0.25, 0.3) is 0 Å². The smallest absolute Gasteiger partial charge is 0.387 e. The van der Waals surface area contributed by atoms with Crippen LogP contribution in [0.1, 0.15) is 58.9 Å². The Balaban J connectivity index is 1.11. The van der Waals surface area contributed by atoms with Crippen LogP contribution < -0.4 is 20.1 Å². The molecule has 0 aliphatic heterocycles. The number of pyridine rings is 2. The second-order valence-corrected chi connectivity index (χ2v) is 11.6. The van der Waals surface area contributed by atoms with Crippen LogP contribution in [0.4, 0.5) is 27.8 Å². The van der Waals surface area contributed by atoms with Gasteiger partial charge < -0.3 is 20.1 Å². The maximum Gasteiger partial charge on any atom is 0.387 e. The largest absolute Gasteiger partial charge is 0.433 e. The van der Waals surface area contributed by atoms with Crippen molar-refractivity contribution in [3.63, 3.8) is 0 Å². The molecular formula is C26H24F4N8O4S2. The predicted molar refractivity (Wildman–Crippen MR) is 150 cm³/mol. The Bertz CT molecular complexity index is 1440. The molecule has 1 fully saturated rings. The van der Waals surface area contributed by atoms with Crippen LogP contribution in [-0.4, -0.2) is 55.4 Å². The van der Waals surface area contributed by atoms with Gasteiger partial charge in [0.2, 0.25) is 22.1 Å². The molecule has 4 aromatic heterocycles. The van der Waals surface area contributed by atoms with Gasteiger partial charge in [0.05, 0.1) is 25.2 Å². The number of halogens is 4. The fourth-order valence-electron chi connectivity index (χ4n) is 4.57. The molecule has 232 valence electrons. The molecule has 2 unspecified atom stereocenters. The summed E-state index contributed by atoms with van der Waals surface area (Å²) in [6.45, 7) is -5.91. The number of alkyl halides is 4. The lowest BCUT2D eigenvalue weighted by Crippen LogP contribution is -2.15. The molecule has 2 atom stereocenters. The lowest BCUT2D eigenvalue weighted by atomic mass is 9.82. The van der Waals surface area contributed by atoms with Crippen LogP contribution in [0.2, 0.25) is 0 Å². The standard InChI is InChI=1S/C26H24F4N8O4S2/c27-23(28)41-17-6-4-15(31-11-17)9-19(39)33-25-37-35-21(43-25)13-2-1-3-14(8-13)22-36-38-26(44-22)34-20(40)10-16-5-7-18(12-32-16)42-24(29)30/h4-7,11-14,23-24H,1-3,8-10H2,(H,33,37,39)(H,34,38,40). The van der Waals surface area contributed by atoms with Crippen LogP contribution >= 0.6 is 22.7 Å². The molecule has 1 aliphatic carbocycles. The van der Waals surface area contributed by atoms with Gasteiger partial charge in [-0.25, -0.2) is 0 Å². The van der Waals surface area contributed by atoms with Gasteiger partial charge >= 0.3 is 13.2 Å². The molecule has 0 aromatic carbocycles. The topological polar surface area (TPSA) is 154 Å². The maximum atomic E-state index is 12.5. The lowest BCUT2D eigenvalue weighted by Gasteiger charge is -2.25. The van der Waals surface area contributed by atoms with Gasteiger partial charge in [-0.2, -0.15) is 17.6 Å². The van der Waals surface area contributed by atoms with Crippen molar-refractivity contribution in [2.45, 2.75) is 63.6 Å². The van der Waals surface area contributed by atoms with Gasteiger partial charge in [0.1, 0.15) is 21.5 Å². The fourth-order valence-corrected chi connectivity index (χ4v) is 6.38. The number of carbonyl (C=O) groups is 2. The Labute approximate surface area is 255 Å². The van der Waals surface area contributed by atoms with E-state index in [-0.39, 0.29) is 48.0 Å². The van der Waals surface area contributed by atoms with Gasteiger partial charge in [-0.1, -0.05) is 29.1 Å². The highest BCUT2D eigenvalue weighted by Gasteiger charge is 2.29. The second kappa shape index (κ2) is 14.4. The number of rotatable bonds is 12. The third kappa shape index (κ3) is 8.85. The first-order chi connectivity index (χ1) is 21.2. The third-order valence-electron chi connectivity index (χ3n) is 6.48. The molecule has 0 saturated heterocycles. The van der Waals surface area contributed by atoms with Gasteiger partial charge in [-0.15, -0.1) is 20.4 Å². The van der Waals surface area contributed by atoms with E-state index in [9.17, 15) is 27.2 Å². The van der Waals surface area contributed by atoms with Crippen molar-refractivity contribution in [2.75, 3.05) is 10.6 Å². The first-order valence-electron chi connectivity index (χ1n) is 13.3. The van der Waals surface area contributed by atoms with E-state index in [0.29, 0.717) is 21.7 Å². The SMILES string of the molecule is O=C(Cc1ccc(OC(F)F)cn1)Nc1nnc(C2CCCC(c3nnc(NC(=O)Cc4ccc(OC(F)F)cn4)s3)C2)s1. The predicted octanol–water partition coefficient (Wildman–Crippen LogP) is 5.19. The molecule has 2 amide bonds. The first-order valence-corrected chi connectivity index (χ1v) is 14.9. The van der Waals surface area contributed by atoms with Crippen LogP contribution in [0.3, 0.4) is 0 Å². The third-order valence-corrected chi connectivity index (χ3v) is 8.48. The summed E-state index contributed by atoms with van der Waals surface area (Å²) in [5.74, 6) is -0.734. The molecular weight excluding hydrogens is 628 g/mol. The number of aromatic nitrogens is 6. The average molecular weight is 653 g/mol. The maximum absolute atomic E-state index is 12.5. The Morgan fingerprint density at radius 1 is 0.750 bits per heavy atom. The highest BCUT2D eigenvalue weighted by molar-refractivity contribution is 7.15. The van der Waals surface area contributed by atoms with Crippen LogP contribution in [0.25, 0.3) is 0 Å². The number of carbonyl (C=O) groups excluding carboxylic acids is 2. The zero-order chi connectivity index (χ0) is 31.1. The molecule has 44 heavy (non-hydrogen) atoms. The minimum atomic E-state index is -2.96. The number of ether oxygens (including phenoxy) is 2. The van der Waals surface area contributed by atoms with Crippen LogP contribution in [-0.2, 0) is 22.4 Å². The van der Waals surface area contributed by atoms with Crippen LogP contribution in [0.15, 0.2) is 36.7 Å². The Kier molecular flexibility index (Phi) is 10.2. The zero-order valence-corrected chi connectivity index (χ0v) is 24.3. The molecule has 4 aromatic rings. The van der Waals surface area contributed by atoms with E-state index in [4.69, 9.17) is 0 Å². The molecule has 18 heteroatoms. The minimum Gasteiger partial charge on any atom is -0.433 e. The highest BCUT2D eigenvalue weighted by Crippen LogP contribution is 2.43. The van der Waals surface area contributed by atoms with Crippen molar-refractivity contribution in [3.8, 4) is 11.5 Å². The van der Waals surface area contributed by atoms with Crippen molar-refractivity contribution < 1.29 is 36.6 Å². The molecule has 4 heterocycles. The number of hydrogen-bond acceptors (Lipinski definition) is 12. The van der Waals surface area contributed by atoms with E-state index in [1.54, 1.807) is 0 Å². The van der Waals surface area contributed by atoms with Crippen molar-refractivity contribution >= 4 is 44.8 Å². The van der Waals surface area contributed by atoms with Crippen LogP contribution in [0.5, 0.6) is 11.5 Å². The Morgan fingerprint density at radius 3 is 1.59 bits per heavy atom. The second-order valence-electron chi connectivity index (χ2n) is 9.63. The molecule has 0 radical (unpaired) electrons. The number of hydrogen-bond donors (Lipinski definition) is 2. The van der Waals surface area contributed by atoms with E-state index in [1.807, 2.05) is 0 Å². The molecule has 1 saturated carbocycles. The highest BCUT2D eigenvalue weighted by atomic mass is 32.1. The summed E-state index contributed by atoms with van der Waals surface area (Å²) in [6.07, 6.45) is 5.56. The number of nitrogens with one attached hydrogen (secondary N) is 2. The first kappa shape index (κ1) is 31.1. The molecule has 0 spiro atoms. The molecule has 5 rings (SSSR count). The monoisotopic (exact) mass is 652 g/mol. The lowest BCUT2D eigenvalue weighted by molar-refractivity contribution is -0.116. The summed E-state index contributed by atoms with van der Waals surface area (Å²) in [5, 5.41) is 24.4.